The average Bonchev–Trinajstić information content (AvgIpc) is 2.39. The number of hydrogen-bond donors (Lipinski definition) is 1. The van der Waals surface area contributed by atoms with E-state index in [0.29, 0.717) is 16.9 Å². The summed E-state index contributed by atoms with van der Waals surface area (Å²) in [6.45, 7) is 1.68. The zero-order chi connectivity index (χ0) is 13.2. The van der Waals surface area contributed by atoms with Crippen molar-refractivity contribution >= 4 is 0 Å². The van der Waals surface area contributed by atoms with Crippen LogP contribution in [0.4, 0.5) is 4.39 Å². The zero-order valence-corrected chi connectivity index (χ0v) is 10.4. The SMILES string of the molecule is COc1cccc(C(C)(O)c2ccc(F)cc2)c1. The molecule has 0 amide bonds. The maximum Gasteiger partial charge on any atom is 0.123 e. The molecule has 2 nitrogen and oxygen atoms in total. The summed E-state index contributed by atoms with van der Waals surface area (Å²) in [6, 6.07) is 13.0. The zero-order valence-electron chi connectivity index (χ0n) is 10.4. The first-order chi connectivity index (χ1) is 8.54. The molecule has 0 radical (unpaired) electrons. The number of halogens is 1. The average molecular weight is 246 g/mol. The number of benzene rings is 2. The van der Waals surface area contributed by atoms with Crippen LogP contribution in [0.1, 0.15) is 18.1 Å². The third-order valence-corrected chi connectivity index (χ3v) is 3.04. The smallest absolute Gasteiger partial charge is 0.123 e. The van der Waals surface area contributed by atoms with Gasteiger partial charge in [0.1, 0.15) is 17.2 Å². The Morgan fingerprint density at radius 3 is 2.33 bits per heavy atom. The second kappa shape index (κ2) is 4.78. The van der Waals surface area contributed by atoms with Gasteiger partial charge < -0.3 is 9.84 Å². The summed E-state index contributed by atoms with van der Waals surface area (Å²) in [6.07, 6.45) is 0. The van der Waals surface area contributed by atoms with E-state index in [1.165, 1.54) is 12.1 Å². The second-order valence-corrected chi connectivity index (χ2v) is 4.31. The van der Waals surface area contributed by atoms with E-state index in [1.54, 1.807) is 32.2 Å². The lowest BCUT2D eigenvalue weighted by molar-refractivity contribution is 0.102. The molecule has 2 aromatic carbocycles. The van der Waals surface area contributed by atoms with Crippen LogP contribution in [-0.2, 0) is 5.60 Å². The molecule has 0 heterocycles. The van der Waals surface area contributed by atoms with Gasteiger partial charge in [-0.05, 0) is 42.3 Å². The summed E-state index contributed by atoms with van der Waals surface area (Å²) < 4.78 is 18.0. The standard InChI is InChI=1S/C15H15FO2/c1-15(17,11-6-8-13(16)9-7-11)12-4-3-5-14(10-12)18-2/h3-10,17H,1-2H3. The van der Waals surface area contributed by atoms with E-state index in [-0.39, 0.29) is 5.82 Å². The van der Waals surface area contributed by atoms with E-state index in [4.69, 9.17) is 4.74 Å². The number of methoxy groups -OCH3 is 1. The van der Waals surface area contributed by atoms with Gasteiger partial charge in [-0.15, -0.1) is 0 Å². The quantitative estimate of drug-likeness (QED) is 0.901. The van der Waals surface area contributed by atoms with Crippen molar-refractivity contribution in [2.24, 2.45) is 0 Å². The Bertz CT molecular complexity index is 532. The van der Waals surface area contributed by atoms with Gasteiger partial charge >= 0.3 is 0 Å². The van der Waals surface area contributed by atoms with Crippen LogP contribution in [0.3, 0.4) is 0 Å². The van der Waals surface area contributed by atoms with Gasteiger partial charge in [0.2, 0.25) is 0 Å². The van der Waals surface area contributed by atoms with Crippen molar-refractivity contribution in [1.82, 2.24) is 0 Å². The van der Waals surface area contributed by atoms with Gasteiger partial charge in [-0.3, -0.25) is 0 Å². The number of hydrogen-bond acceptors (Lipinski definition) is 2. The van der Waals surface area contributed by atoms with Crippen molar-refractivity contribution < 1.29 is 14.2 Å². The van der Waals surface area contributed by atoms with Crippen LogP contribution < -0.4 is 4.74 Å². The summed E-state index contributed by atoms with van der Waals surface area (Å²) in [4.78, 5) is 0. The molecule has 2 rings (SSSR count). The molecule has 0 fully saturated rings. The molecule has 1 N–H and O–H groups in total. The van der Waals surface area contributed by atoms with Crippen molar-refractivity contribution in [2.75, 3.05) is 7.11 Å². The summed E-state index contributed by atoms with van der Waals surface area (Å²) in [5, 5.41) is 10.6. The van der Waals surface area contributed by atoms with E-state index in [1.807, 2.05) is 18.2 Å². The summed E-state index contributed by atoms with van der Waals surface area (Å²) >= 11 is 0. The first kappa shape index (κ1) is 12.6. The van der Waals surface area contributed by atoms with Crippen LogP contribution in [0, 0.1) is 5.82 Å². The molecule has 0 saturated carbocycles. The minimum Gasteiger partial charge on any atom is -0.497 e. The molecule has 0 aliphatic heterocycles. The molecular weight excluding hydrogens is 231 g/mol. The van der Waals surface area contributed by atoms with Gasteiger partial charge in [-0.2, -0.15) is 0 Å². The highest BCUT2D eigenvalue weighted by Gasteiger charge is 2.25. The molecule has 2 aromatic rings. The highest BCUT2D eigenvalue weighted by Crippen LogP contribution is 2.31. The van der Waals surface area contributed by atoms with Crippen LogP contribution in [0.15, 0.2) is 48.5 Å². The summed E-state index contributed by atoms with van der Waals surface area (Å²) in [5.41, 5.74) is 0.160. The van der Waals surface area contributed by atoms with E-state index >= 15 is 0 Å². The Morgan fingerprint density at radius 1 is 1.06 bits per heavy atom. The summed E-state index contributed by atoms with van der Waals surface area (Å²) in [7, 11) is 1.58. The minimum atomic E-state index is -1.18. The van der Waals surface area contributed by atoms with Gasteiger partial charge in [0, 0.05) is 0 Å². The van der Waals surface area contributed by atoms with E-state index in [0.717, 1.165) is 0 Å². The Kier molecular flexibility index (Phi) is 3.34. The van der Waals surface area contributed by atoms with Crippen LogP contribution >= 0.6 is 0 Å². The van der Waals surface area contributed by atoms with Crippen molar-refractivity contribution in [3.8, 4) is 5.75 Å². The number of aliphatic hydroxyl groups is 1. The van der Waals surface area contributed by atoms with Gasteiger partial charge in [-0.1, -0.05) is 24.3 Å². The van der Waals surface area contributed by atoms with E-state index in [2.05, 4.69) is 0 Å². The van der Waals surface area contributed by atoms with Crippen molar-refractivity contribution in [1.29, 1.82) is 0 Å². The topological polar surface area (TPSA) is 29.5 Å². The predicted octanol–water partition coefficient (Wildman–Crippen LogP) is 3.09. The lowest BCUT2D eigenvalue weighted by atomic mass is 9.88. The van der Waals surface area contributed by atoms with Crippen LogP contribution in [-0.4, -0.2) is 12.2 Å². The Hall–Kier alpha value is -1.87. The lowest BCUT2D eigenvalue weighted by Crippen LogP contribution is -2.22. The normalized spacial score (nSPS) is 14.0. The Labute approximate surface area is 106 Å². The van der Waals surface area contributed by atoms with E-state index < -0.39 is 5.60 Å². The molecular formula is C15H15FO2. The third-order valence-electron chi connectivity index (χ3n) is 3.04. The third kappa shape index (κ3) is 2.36. The lowest BCUT2D eigenvalue weighted by Gasteiger charge is -2.24. The van der Waals surface area contributed by atoms with Crippen LogP contribution in [0.2, 0.25) is 0 Å². The number of rotatable bonds is 3. The predicted molar refractivity (Wildman–Crippen MR) is 68.1 cm³/mol. The van der Waals surface area contributed by atoms with Crippen molar-refractivity contribution in [2.45, 2.75) is 12.5 Å². The van der Waals surface area contributed by atoms with Crippen LogP contribution in [0.25, 0.3) is 0 Å². The minimum absolute atomic E-state index is 0.319. The van der Waals surface area contributed by atoms with Gasteiger partial charge in [0.25, 0.3) is 0 Å². The largest absolute Gasteiger partial charge is 0.497 e. The fourth-order valence-corrected chi connectivity index (χ4v) is 1.87. The van der Waals surface area contributed by atoms with Crippen molar-refractivity contribution in [3.63, 3.8) is 0 Å². The number of ether oxygens (including phenoxy) is 1. The maximum atomic E-state index is 12.9. The van der Waals surface area contributed by atoms with Crippen molar-refractivity contribution in [3.05, 3.63) is 65.5 Å². The Balaban J connectivity index is 2.43. The molecule has 0 saturated heterocycles. The Morgan fingerprint density at radius 2 is 1.72 bits per heavy atom. The molecule has 0 spiro atoms. The maximum absolute atomic E-state index is 12.9. The van der Waals surface area contributed by atoms with Crippen LogP contribution in [0.5, 0.6) is 5.75 Å². The molecule has 0 aromatic heterocycles. The molecule has 18 heavy (non-hydrogen) atoms. The molecule has 0 aliphatic rings. The van der Waals surface area contributed by atoms with Gasteiger partial charge in [0.05, 0.1) is 7.11 Å². The fourth-order valence-electron chi connectivity index (χ4n) is 1.87. The highest BCUT2D eigenvalue weighted by molar-refractivity contribution is 5.39. The monoisotopic (exact) mass is 246 g/mol. The molecule has 0 bridgehead atoms. The fraction of sp³-hybridized carbons (Fsp3) is 0.200. The molecule has 0 aliphatic carbocycles. The van der Waals surface area contributed by atoms with E-state index in [9.17, 15) is 9.50 Å². The highest BCUT2D eigenvalue weighted by atomic mass is 19.1. The molecule has 1 unspecified atom stereocenters. The summed E-state index contributed by atoms with van der Waals surface area (Å²) in [5.74, 6) is 0.357. The first-order valence-corrected chi connectivity index (χ1v) is 5.67. The van der Waals surface area contributed by atoms with Gasteiger partial charge in [-0.25, -0.2) is 4.39 Å². The second-order valence-electron chi connectivity index (χ2n) is 4.31. The molecule has 3 heteroatoms. The molecule has 1 atom stereocenters. The van der Waals surface area contributed by atoms with Gasteiger partial charge in [0.15, 0.2) is 0 Å². The molecule has 94 valence electrons. The first-order valence-electron chi connectivity index (χ1n) is 5.67.